The molecular weight excluding hydrogens is 440 g/mol. The number of carbonyl (C=O) groups is 1. The van der Waals surface area contributed by atoms with Crippen LogP contribution in [0.2, 0.25) is 0 Å². The summed E-state index contributed by atoms with van der Waals surface area (Å²) < 4.78 is 0. The van der Waals surface area contributed by atoms with Crippen molar-refractivity contribution in [2.45, 2.75) is 68.2 Å². The van der Waals surface area contributed by atoms with Gasteiger partial charge in [-0.3, -0.25) is 4.79 Å². The Morgan fingerprint density at radius 1 is 1.06 bits per heavy atom. The molecule has 3 aliphatic rings. The SMILES string of the molecule is N#CC1(c2cc(Nc3nc(N4CCC[C@H](N)C4)ncc3C(N)=O)cc(C3(C#N)CCC3)c2)CCC1. The topological polar surface area (TPSA) is 158 Å². The van der Waals surface area contributed by atoms with E-state index in [2.05, 4.69) is 27.4 Å². The lowest BCUT2D eigenvalue weighted by atomic mass is 9.62. The van der Waals surface area contributed by atoms with Crippen molar-refractivity contribution in [1.29, 1.82) is 10.5 Å². The van der Waals surface area contributed by atoms with Gasteiger partial charge in [0.1, 0.15) is 11.4 Å². The quantitative estimate of drug-likeness (QED) is 0.581. The molecule has 2 aromatic rings. The van der Waals surface area contributed by atoms with Crippen LogP contribution in [0.15, 0.2) is 24.4 Å². The summed E-state index contributed by atoms with van der Waals surface area (Å²) >= 11 is 0. The summed E-state index contributed by atoms with van der Waals surface area (Å²) in [6.45, 7) is 1.43. The summed E-state index contributed by atoms with van der Waals surface area (Å²) in [5.41, 5.74) is 13.4. The van der Waals surface area contributed by atoms with Gasteiger partial charge in [-0.05, 0) is 74.6 Å². The highest BCUT2D eigenvalue weighted by atomic mass is 16.1. The van der Waals surface area contributed by atoms with Gasteiger partial charge in [-0.15, -0.1) is 0 Å². The highest BCUT2D eigenvalue weighted by molar-refractivity contribution is 5.98. The third kappa shape index (κ3) is 4.06. The van der Waals surface area contributed by atoms with E-state index in [0.29, 0.717) is 24.0 Å². The second-order valence-corrected chi connectivity index (χ2v) is 10.2. The summed E-state index contributed by atoms with van der Waals surface area (Å²) in [7, 11) is 0. The first-order valence-corrected chi connectivity index (χ1v) is 12.3. The van der Waals surface area contributed by atoms with Crippen LogP contribution in [0.3, 0.4) is 0 Å². The number of primary amides is 1. The molecule has 3 fully saturated rings. The largest absolute Gasteiger partial charge is 0.365 e. The number of nitrogens with one attached hydrogen (secondary N) is 1. The molecule has 0 radical (unpaired) electrons. The Labute approximate surface area is 205 Å². The van der Waals surface area contributed by atoms with Gasteiger partial charge in [0, 0.05) is 31.0 Å². The van der Waals surface area contributed by atoms with Gasteiger partial charge in [-0.2, -0.15) is 15.5 Å². The van der Waals surface area contributed by atoms with Crippen LogP contribution in [0.4, 0.5) is 17.5 Å². The molecular formula is C26H30N8O. The number of hydrogen-bond acceptors (Lipinski definition) is 8. The number of carbonyl (C=O) groups excluding carboxylic acids is 1. The van der Waals surface area contributed by atoms with Crippen molar-refractivity contribution in [1.82, 2.24) is 9.97 Å². The molecule has 1 aliphatic heterocycles. The fraction of sp³-hybridized carbons (Fsp3) is 0.500. The van der Waals surface area contributed by atoms with Crippen LogP contribution in [0.5, 0.6) is 0 Å². The van der Waals surface area contributed by atoms with Crippen molar-refractivity contribution in [2.24, 2.45) is 11.5 Å². The van der Waals surface area contributed by atoms with Crippen molar-refractivity contribution in [3.8, 4) is 12.1 Å². The number of benzene rings is 1. The first-order valence-electron chi connectivity index (χ1n) is 12.3. The Balaban J connectivity index is 1.56. The molecule has 180 valence electrons. The lowest BCUT2D eigenvalue weighted by molar-refractivity contribution is 0.100. The molecule has 9 nitrogen and oxygen atoms in total. The first-order chi connectivity index (χ1) is 16.9. The third-order valence-electron chi connectivity index (χ3n) is 7.93. The average molecular weight is 471 g/mol. The fourth-order valence-electron chi connectivity index (χ4n) is 5.37. The Kier molecular flexibility index (Phi) is 5.82. The number of anilines is 3. The van der Waals surface area contributed by atoms with E-state index in [1.54, 1.807) is 0 Å². The van der Waals surface area contributed by atoms with Crippen LogP contribution >= 0.6 is 0 Å². The molecule has 9 heteroatoms. The maximum Gasteiger partial charge on any atom is 0.254 e. The third-order valence-corrected chi connectivity index (χ3v) is 7.93. The summed E-state index contributed by atoms with van der Waals surface area (Å²) in [6.07, 6.45) is 8.54. The summed E-state index contributed by atoms with van der Waals surface area (Å²) in [5.74, 6) is 0.165. The second-order valence-electron chi connectivity index (χ2n) is 10.2. The normalized spacial score (nSPS) is 22.1. The van der Waals surface area contributed by atoms with E-state index in [4.69, 9.17) is 11.5 Å². The molecule has 2 aliphatic carbocycles. The van der Waals surface area contributed by atoms with Gasteiger partial charge < -0.3 is 21.7 Å². The molecule has 0 unspecified atom stereocenters. The average Bonchev–Trinajstić information content (AvgIpc) is 2.78. The number of nitrogens with two attached hydrogens (primary N) is 2. The van der Waals surface area contributed by atoms with Crippen LogP contribution in [-0.4, -0.2) is 35.0 Å². The van der Waals surface area contributed by atoms with Crippen LogP contribution in [-0.2, 0) is 10.8 Å². The lowest BCUT2D eigenvalue weighted by Gasteiger charge is -2.39. The molecule has 1 saturated heterocycles. The highest BCUT2D eigenvalue weighted by Crippen LogP contribution is 2.48. The molecule has 0 spiro atoms. The maximum atomic E-state index is 12.2. The molecule has 1 aromatic heterocycles. The fourth-order valence-corrected chi connectivity index (χ4v) is 5.37. The lowest BCUT2D eigenvalue weighted by Crippen LogP contribution is -2.43. The number of piperidine rings is 1. The molecule has 1 amide bonds. The van der Waals surface area contributed by atoms with Crippen LogP contribution in [0.1, 0.15) is 72.9 Å². The van der Waals surface area contributed by atoms with E-state index in [-0.39, 0.29) is 11.6 Å². The highest BCUT2D eigenvalue weighted by Gasteiger charge is 2.43. The number of amides is 1. The summed E-state index contributed by atoms with van der Waals surface area (Å²) in [5, 5.41) is 23.2. The van der Waals surface area contributed by atoms with E-state index >= 15 is 0 Å². The van der Waals surface area contributed by atoms with Crippen molar-refractivity contribution in [2.75, 3.05) is 23.3 Å². The minimum absolute atomic E-state index is 0.0492. The number of rotatable bonds is 6. The number of aromatic nitrogens is 2. The molecule has 2 heterocycles. The molecule has 2 saturated carbocycles. The van der Waals surface area contributed by atoms with E-state index < -0.39 is 16.7 Å². The standard InChI is InChI=1S/C26H30N8O/c27-15-25(5-2-6-25)17-10-18(26(16-28)7-3-8-26)12-20(11-17)32-23-21(22(30)35)13-31-24(33-23)34-9-1-4-19(29)14-34/h10-13,19H,1-9,14,29H2,(H2,30,35)(H,31,32,33)/t19-/m0/s1. The van der Waals surface area contributed by atoms with Crippen molar-refractivity contribution in [3.63, 3.8) is 0 Å². The van der Waals surface area contributed by atoms with Gasteiger partial charge >= 0.3 is 0 Å². The van der Waals surface area contributed by atoms with E-state index in [0.717, 1.165) is 69.0 Å². The monoisotopic (exact) mass is 470 g/mol. The zero-order valence-corrected chi connectivity index (χ0v) is 19.8. The first kappa shape index (κ1) is 23.1. The van der Waals surface area contributed by atoms with Gasteiger partial charge in [-0.1, -0.05) is 6.07 Å². The molecule has 1 atom stereocenters. The predicted octanol–water partition coefficient (Wildman–Crippen LogP) is 3.14. The minimum Gasteiger partial charge on any atom is -0.365 e. The maximum absolute atomic E-state index is 12.2. The Morgan fingerprint density at radius 3 is 2.17 bits per heavy atom. The smallest absolute Gasteiger partial charge is 0.254 e. The van der Waals surface area contributed by atoms with E-state index in [1.807, 2.05) is 23.1 Å². The molecule has 35 heavy (non-hydrogen) atoms. The molecule has 5 rings (SSSR count). The zero-order chi connectivity index (χ0) is 24.6. The van der Waals surface area contributed by atoms with Crippen molar-refractivity contribution >= 4 is 23.4 Å². The summed E-state index contributed by atoms with van der Waals surface area (Å²) in [6, 6.07) is 11.0. The molecule has 1 aromatic carbocycles. The number of hydrogen-bond donors (Lipinski definition) is 3. The second kappa shape index (κ2) is 8.83. The van der Waals surface area contributed by atoms with Gasteiger partial charge in [0.05, 0.1) is 23.0 Å². The van der Waals surface area contributed by atoms with Gasteiger partial charge in [0.25, 0.3) is 5.91 Å². The van der Waals surface area contributed by atoms with Crippen molar-refractivity contribution in [3.05, 3.63) is 41.1 Å². The Hall–Kier alpha value is -3.69. The summed E-state index contributed by atoms with van der Waals surface area (Å²) in [4.78, 5) is 23.2. The minimum atomic E-state index is -0.634. The number of nitriles is 2. The van der Waals surface area contributed by atoms with E-state index in [9.17, 15) is 15.3 Å². The van der Waals surface area contributed by atoms with Crippen molar-refractivity contribution < 1.29 is 4.79 Å². The predicted molar refractivity (Wildman–Crippen MR) is 132 cm³/mol. The van der Waals surface area contributed by atoms with Gasteiger partial charge in [-0.25, -0.2) is 4.98 Å². The Morgan fingerprint density at radius 2 is 1.69 bits per heavy atom. The zero-order valence-electron chi connectivity index (χ0n) is 19.8. The number of nitrogens with zero attached hydrogens (tertiary/aromatic N) is 5. The van der Waals surface area contributed by atoms with Crippen LogP contribution < -0.4 is 21.7 Å². The van der Waals surface area contributed by atoms with Gasteiger partial charge in [0.15, 0.2) is 0 Å². The Bertz CT molecular complexity index is 1180. The van der Waals surface area contributed by atoms with Crippen LogP contribution in [0.25, 0.3) is 0 Å². The van der Waals surface area contributed by atoms with E-state index in [1.165, 1.54) is 6.20 Å². The van der Waals surface area contributed by atoms with Crippen LogP contribution in [0, 0.1) is 22.7 Å². The molecule has 0 bridgehead atoms. The molecule has 5 N–H and O–H groups in total. The van der Waals surface area contributed by atoms with Gasteiger partial charge in [0.2, 0.25) is 5.95 Å².